The van der Waals surface area contributed by atoms with Crippen molar-refractivity contribution in [2.45, 2.75) is 12.2 Å². The molecule has 0 bridgehead atoms. The van der Waals surface area contributed by atoms with Crippen LogP contribution in [0.2, 0.25) is 10.3 Å². The van der Waals surface area contributed by atoms with Crippen LogP contribution < -0.4 is 10.6 Å². The van der Waals surface area contributed by atoms with Crippen molar-refractivity contribution in [3.05, 3.63) is 117 Å². The predicted molar refractivity (Wildman–Crippen MR) is 144 cm³/mol. The first kappa shape index (κ1) is 27.6. The van der Waals surface area contributed by atoms with E-state index in [1.165, 1.54) is 22.7 Å². The molecular weight excluding hydrogens is 604 g/mol. The summed E-state index contributed by atoms with van der Waals surface area (Å²) in [5.74, 6) is -3.57. The number of halogens is 7. The summed E-state index contributed by atoms with van der Waals surface area (Å²) in [6, 6.07) is 10.2. The minimum atomic E-state index is -4.91. The summed E-state index contributed by atoms with van der Waals surface area (Å²) >= 11 is 12.2. The Labute approximate surface area is 242 Å². The van der Waals surface area contributed by atoms with Gasteiger partial charge in [0.05, 0.1) is 11.6 Å². The third-order valence-electron chi connectivity index (χ3n) is 6.63. The maximum atomic E-state index is 14.2. The van der Waals surface area contributed by atoms with Gasteiger partial charge in [-0.2, -0.15) is 18.2 Å². The van der Waals surface area contributed by atoms with Crippen molar-refractivity contribution in [2.75, 3.05) is 5.32 Å². The lowest BCUT2D eigenvalue weighted by Crippen LogP contribution is -2.21. The van der Waals surface area contributed by atoms with E-state index >= 15 is 0 Å². The summed E-state index contributed by atoms with van der Waals surface area (Å²) < 4.78 is 69.6. The van der Waals surface area contributed by atoms with Crippen LogP contribution in [0.4, 0.5) is 27.6 Å². The van der Waals surface area contributed by atoms with Crippen LogP contribution in [0.5, 0.6) is 0 Å². The minimum absolute atomic E-state index is 0.00318. The number of aromatic nitrogens is 3. The molecule has 42 heavy (non-hydrogen) atoms. The number of anilines is 1. The molecule has 5 aromatic rings. The Bertz CT molecular complexity index is 1940. The maximum absolute atomic E-state index is 14.2. The normalized spacial score (nSPS) is 14.6. The van der Waals surface area contributed by atoms with Gasteiger partial charge in [0, 0.05) is 44.7 Å². The molecule has 1 aliphatic heterocycles. The van der Waals surface area contributed by atoms with E-state index in [4.69, 9.17) is 23.2 Å². The Morgan fingerprint density at radius 3 is 2.50 bits per heavy atom. The van der Waals surface area contributed by atoms with Gasteiger partial charge in [-0.05, 0) is 77.8 Å². The van der Waals surface area contributed by atoms with E-state index in [0.29, 0.717) is 28.9 Å². The Hall–Kier alpha value is -4.55. The quantitative estimate of drug-likeness (QED) is 0.211. The van der Waals surface area contributed by atoms with Gasteiger partial charge >= 0.3 is 6.18 Å². The monoisotopic (exact) mass is 617 g/mol. The number of benzene rings is 3. The molecule has 0 unspecified atom stereocenters. The van der Waals surface area contributed by atoms with Gasteiger partial charge < -0.3 is 10.6 Å². The van der Waals surface area contributed by atoms with Gasteiger partial charge in [0.2, 0.25) is 5.28 Å². The molecule has 2 amide bonds. The first-order valence-corrected chi connectivity index (χ1v) is 12.8. The lowest BCUT2D eigenvalue weighted by atomic mass is 9.93. The maximum Gasteiger partial charge on any atom is 0.416 e. The molecule has 212 valence electrons. The van der Waals surface area contributed by atoms with Gasteiger partial charge in [0.15, 0.2) is 5.65 Å². The van der Waals surface area contributed by atoms with Crippen LogP contribution in [0.15, 0.2) is 66.9 Å². The average molecular weight is 618 g/mol. The molecule has 0 saturated heterocycles. The zero-order valence-corrected chi connectivity index (χ0v) is 22.2. The first-order valence-electron chi connectivity index (χ1n) is 12.0. The van der Waals surface area contributed by atoms with Crippen molar-refractivity contribution >= 4 is 46.4 Å². The fourth-order valence-corrected chi connectivity index (χ4v) is 5.17. The fourth-order valence-electron chi connectivity index (χ4n) is 4.78. The van der Waals surface area contributed by atoms with Crippen molar-refractivity contribution in [1.29, 1.82) is 0 Å². The van der Waals surface area contributed by atoms with Crippen LogP contribution >= 0.6 is 23.2 Å². The molecule has 14 heteroatoms. The molecule has 3 heterocycles. The largest absolute Gasteiger partial charge is 0.416 e. The third-order valence-corrected chi connectivity index (χ3v) is 7.14. The molecule has 0 saturated carbocycles. The topological polar surface area (TPSA) is 88.4 Å². The number of carbonyl (C=O) groups is 2. The number of alkyl halides is 3. The smallest absolute Gasteiger partial charge is 0.341 e. The fraction of sp³-hybridized carbons (Fsp3) is 0.0714. The minimum Gasteiger partial charge on any atom is -0.341 e. The highest BCUT2D eigenvalue weighted by Gasteiger charge is 2.36. The first-order chi connectivity index (χ1) is 19.9. The Balaban J connectivity index is 1.51. The molecule has 0 spiro atoms. The van der Waals surface area contributed by atoms with Gasteiger partial charge in [-0.15, -0.1) is 5.10 Å². The summed E-state index contributed by atoms with van der Waals surface area (Å²) in [5, 5.41) is 9.38. The van der Waals surface area contributed by atoms with Crippen LogP contribution in [-0.2, 0) is 6.18 Å². The number of hydrogen-bond acceptors (Lipinski definition) is 4. The van der Waals surface area contributed by atoms with E-state index < -0.39 is 46.8 Å². The lowest BCUT2D eigenvalue weighted by Gasteiger charge is -2.19. The standard InChI is InChI=1S/C28H14Cl2F5N5O2/c29-20-3-2-16(31)10-18(20)24-23-19(26(42)38-24)7-13(12-1-4-22-37-27(30)39-40(22)11-12)8-21(23)36-25(41)14-5-15(28(33,34)35)9-17(32)6-14/h1-11,24H,(H,36,41)(H,38,42)/t24-/m1/s1. The SMILES string of the molecule is O=C(Nc1cc(-c2ccc3nc(Cl)nn3c2)cc2c1[C@@H](c1cc(F)ccc1Cl)NC2=O)c1cc(F)cc(C(F)(F)F)c1. The Morgan fingerprint density at radius 2 is 1.74 bits per heavy atom. The summed E-state index contributed by atoms with van der Waals surface area (Å²) in [4.78, 5) is 30.5. The van der Waals surface area contributed by atoms with E-state index in [2.05, 4.69) is 20.7 Å². The Kier molecular flexibility index (Phi) is 6.62. The molecule has 2 N–H and O–H groups in total. The third kappa shape index (κ3) is 5.03. The molecule has 3 aromatic carbocycles. The van der Waals surface area contributed by atoms with E-state index in [0.717, 1.165) is 12.1 Å². The summed E-state index contributed by atoms with van der Waals surface area (Å²) in [7, 11) is 0. The molecule has 6 rings (SSSR count). The lowest BCUT2D eigenvalue weighted by molar-refractivity contribution is -0.137. The molecular formula is C28H14Cl2F5N5O2. The summed E-state index contributed by atoms with van der Waals surface area (Å²) in [6.45, 7) is 0. The van der Waals surface area contributed by atoms with E-state index in [-0.39, 0.29) is 38.8 Å². The van der Waals surface area contributed by atoms with E-state index in [1.807, 2.05) is 0 Å². The van der Waals surface area contributed by atoms with Crippen LogP contribution in [-0.4, -0.2) is 26.4 Å². The highest BCUT2D eigenvalue weighted by atomic mass is 35.5. The van der Waals surface area contributed by atoms with Crippen molar-refractivity contribution in [3.8, 4) is 11.1 Å². The highest BCUT2D eigenvalue weighted by Crippen LogP contribution is 2.42. The number of hydrogen-bond donors (Lipinski definition) is 2. The zero-order chi connectivity index (χ0) is 29.9. The van der Waals surface area contributed by atoms with Gasteiger partial charge in [-0.1, -0.05) is 11.6 Å². The van der Waals surface area contributed by atoms with Crippen molar-refractivity contribution < 1.29 is 31.5 Å². The van der Waals surface area contributed by atoms with Gasteiger partial charge in [0.25, 0.3) is 11.8 Å². The van der Waals surface area contributed by atoms with Crippen LogP contribution in [0, 0.1) is 11.6 Å². The molecule has 1 aliphatic rings. The molecule has 7 nitrogen and oxygen atoms in total. The number of nitrogens with one attached hydrogen (secondary N) is 2. The second-order valence-electron chi connectivity index (χ2n) is 9.34. The summed E-state index contributed by atoms with van der Waals surface area (Å²) in [5.41, 5.74) is -0.195. The van der Waals surface area contributed by atoms with E-state index in [9.17, 15) is 31.5 Å². The number of rotatable bonds is 4. The van der Waals surface area contributed by atoms with Gasteiger partial charge in [0.1, 0.15) is 11.6 Å². The van der Waals surface area contributed by atoms with Gasteiger partial charge in [-0.3, -0.25) is 9.59 Å². The molecule has 0 radical (unpaired) electrons. The predicted octanol–water partition coefficient (Wildman–Crippen LogP) is 7.09. The highest BCUT2D eigenvalue weighted by molar-refractivity contribution is 6.31. The number of carbonyl (C=O) groups excluding carboxylic acids is 2. The number of fused-ring (bicyclic) bond motifs is 2. The van der Waals surface area contributed by atoms with Crippen molar-refractivity contribution in [3.63, 3.8) is 0 Å². The second-order valence-corrected chi connectivity index (χ2v) is 10.1. The second kappa shape index (κ2) is 10.1. The number of amides is 2. The van der Waals surface area contributed by atoms with Crippen molar-refractivity contribution in [2.24, 2.45) is 0 Å². The average Bonchev–Trinajstić information content (AvgIpc) is 3.47. The van der Waals surface area contributed by atoms with E-state index in [1.54, 1.807) is 18.3 Å². The Morgan fingerprint density at radius 1 is 0.952 bits per heavy atom. The van der Waals surface area contributed by atoms with Gasteiger partial charge in [-0.25, -0.2) is 13.3 Å². The molecule has 0 aliphatic carbocycles. The van der Waals surface area contributed by atoms with Crippen LogP contribution in [0.25, 0.3) is 16.8 Å². The van der Waals surface area contributed by atoms with Crippen molar-refractivity contribution in [1.82, 2.24) is 19.9 Å². The number of nitrogens with zero attached hydrogens (tertiary/aromatic N) is 3. The molecule has 0 fully saturated rings. The summed E-state index contributed by atoms with van der Waals surface area (Å²) in [6.07, 6.45) is -3.34. The molecule has 2 aromatic heterocycles. The van der Waals surface area contributed by atoms with Crippen LogP contribution in [0.3, 0.4) is 0 Å². The molecule has 1 atom stereocenters. The van der Waals surface area contributed by atoms with Crippen LogP contribution in [0.1, 0.15) is 43.4 Å². The zero-order valence-electron chi connectivity index (χ0n) is 20.7. The number of pyridine rings is 1.